The van der Waals surface area contributed by atoms with Gasteiger partial charge in [-0.15, -0.1) is 0 Å². The molecule has 88 valence electrons. The molecule has 0 spiro atoms. The molecule has 0 radical (unpaired) electrons. The Bertz CT molecular complexity index is 513. The summed E-state index contributed by atoms with van der Waals surface area (Å²) in [4.78, 5) is 2.19. The van der Waals surface area contributed by atoms with E-state index < -0.39 is 0 Å². The summed E-state index contributed by atoms with van der Waals surface area (Å²) in [5.74, 6) is 0.780. The minimum Gasteiger partial charge on any atom is -0.497 e. The summed E-state index contributed by atoms with van der Waals surface area (Å²) in [6.07, 6.45) is 0. The Balaban J connectivity index is 2.21. The second kappa shape index (κ2) is 5.47. The van der Waals surface area contributed by atoms with Crippen LogP contribution in [0.2, 0.25) is 0 Å². The Morgan fingerprint density at radius 3 is 2.41 bits per heavy atom. The predicted octanol–water partition coefficient (Wildman–Crippen LogP) is 4.19. The van der Waals surface area contributed by atoms with Crippen molar-refractivity contribution in [3.8, 4) is 5.75 Å². The molecule has 0 aliphatic carbocycles. The van der Waals surface area contributed by atoms with Gasteiger partial charge in [-0.25, -0.2) is 0 Å². The fraction of sp³-hybridized carbons (Fsp3) is 0.0769. The quantitative estimate of drug-likeness (QED) is 0.863. The first kappa shape index (κ1) is 12.3. The summed E-state index contributed by atoms with van der Waals surface area (Å²) in [7, 11) is 1.64. The van der Waals surface area contributed by atoms with E-state index in [2.05, 4.69) is 28.1 Å². The van der Waals surface area contributed by atoms with Crippen molar-refractivity contribution >= 4 is 33.4 Å². The Morgan fingerprint density at radius 2 is 1.82 bits per heavy atom. The van der Waals surface area contributed by atoms with E-state index in [1.807, 2.05) is 30.3 Å². The number of nitrogens with two attached hydrogens (primary N) is 1. The molecule has 2 N–H and O–H groups in total. The smallest absolute Gasteiger partial charge is 0.120 e. The maximum absolute atomic E-state index is 5.96. The van der Waals surface area contributed by atoms with Crippen LogP contribution in [0.25, 0.3) is 0 Å². The van der Waals surface area contributed by atoms with Gasteiger partial charge in [0.05, 0.1) is 7.11 Å². The number of benzene rings is 2. The molecular formula is C13H12BrNOS. The Kier molecular flexibility index (Phi) is 3.97. The van der Waals surface area contributed by atoms with Gasteiger partial charge in [-0.3, -0.25) is 0 Å². The van der Waals surface area contributed by atoms with Crippen LogP contribution in [0.1, 0.15) is 0 Å². The molecule has 0 aliphatic heterocycles. The molecule has 2 aromatic carbocycles. The molecule has 0 heterocycles. The number of ether oxygens (including phenoxy) is 1. The van der Waals surface area contributed by atoms with Crippen LogP contribution in [0.5, 0.6) is 5.75 Å². The molecule has 2 rings (SSSR count). The fourth-order valence-corrected chi connectivity index (χ4v) is 2.48. The van der Waals surface area contributed by atoms with Gasteiger partial charge < -0.3 is 10.5 Å². The van der Waals surface area contributed by atoms with Crippen molar-refractivity contribution in [3.63, 3.8) is 0 Å². The maximum atomic E-state index is 5.96. The topological polar surface area (TPSA) is 35.2 Å². The first-order valence-corrected chi connectivity index (χ1v) is 6.67. The van der Waals surface area contributed by atoms with Gasteiger partial charge >= 0.3 is 0 Å². The zero-order valence-corrected chi connectivity index (χ0v) is 11.7. The van der Waals surface area contributed by atoms with E-state index in [4.69, 9.17) is 10.5 Å². The number of methoxy groups -OCH3 is 1. The number of anilines is 1. The SMILES string of the molecule is COc1ccc(Sc2ccc(Br)cc2)c(N)c1. The van der Waals surface area contributed by atoms with E-state index in [1.165, 1.54) is 0 Å². The lowest BCUT2D eigenvalue weighted by Gasteiger charge is -2.07. The van der Waals surface area contributed by atoms with Gasteiger partial charge in [-0.05, 0) is 36.4 Å². The number of nitrogen functional groups attached to an aromatic ring is 1. The fourth-order valence-electron chi connectivity index (χ4n) is 1.38. The van der Waals surface area contributed by atoms with Gasteiger partial charge in [-0.1, -0.05) is 27.7 Å². The Hall–Kier alpha value is -1.13. The number of hydrogen-bond donors (Lipinski definition) is 1. The van der Waals surface area contributed by atoms with Crippen molar-refractivity contribution < 1.29 is 4.74 Å². The van der Waals surface area contributed by atoms with E-state index in [0.29, 0.717) is 0 Å². The third kappa shape index (κ3) is 3.17. The van der Waals surface area contributed by atoms with Crippen molar-refractivity contribution in [2.75, 3.05) is 12.8 Å². The van der Waals surface area contributed by atoms with E-state index in [0.717, 1.165) is 25.7 Å². The van der Waals surface area contributed by atoms with Gasteiger partial charge in [0.2, 0.25) is 0 Å². The Morgan fingerprint density at radius 1 is 1.12 bits per heavy atom. The third-order valence-corrected chi connectivity index (χ3v) is 3.89. The third-order valence-electron chi connectivity index (χ3n) is 2.26. The van der Waals surface area contributed by atoms with Crippen molar-refractivity contribution in [1.29, 1.82) is 0 Å². The van der Waals surface area contributed by atoms with Crippen LogP contribution in [0.4, 0.5) is 5.69 Å². The first-order valence-electron chi connectivity index (χ1n) is 5.06. The molecular weight excluding hydrogens is 298 g/mol. The molecule has 0 unspecified atom stereocenters. The molecule has 0 aliphatic rings. The average molecular weight is 310 g/mol. The van der Waals surface area contributed by atoms with Crippen LogP contribution < -0.4 is 10.5 Å². The largest absolute Gasteiger partial charge is 0.497 e. The summed E-state index contributed by atoms with van der Waals surface area (Å²) in [5, 5.41) is 0. The molecule has 0 aromatic heterocycles. The highest BCUT2D eigenvalue weighted by Crippen LogP contribution is 2.34. The zero-order valence-electron chi connectivity index (χ0n) is 9.31. The van der Waals surface area contributed by atoms with E-state index >= 15 is 0 Å². The molecule has 4 heteroatoms. The highest BCUT2D eigenvalue weighted by molar-refractivity contribution is 9.10. The van der Waals surface area contributed by atoms with Gasteiger partial charge in [0.25, 0.3) is 0 Å². The van der Waals surface area contributed by atoms with E-state index in [9.17, 15) is 0 Å². The lowest BCUT2D eigenvalue weighted by atomic mass is 10.3. The summed E-state index contributed by atoms with van der Waals surface area (Å²) in [5.41, 5.74) is 6.70. The maximum Gasteiger partial charge on any atom is 0.120 e. The molecule has 0 saturated heterocycles. The number of hydrogen-bond acceptors (Lipinski definition) is 3. The van der Waals surface area contributed by atoms with Crippen LogP contribution in [0, 0.1) is 0 Å². The van der Waals surface area contributed by atoms with Gasteiger partial charge in [0.1, 0.15) is 5.75 Å². The molecule has 2 aromatic rings. The van der Waals surface area contributed by atoms with E-state index in [-0.39, 0.29) is 0 Å². The van der Waals surface area contributed by atoms with Crippen LogP contribution in [0.15, 0.2) is 56.7 Å². The molecule has 0 amide bonds. The number of rotatable bonds is 3. The van der Waals surface area contributed by atoms with Crippen LogP contribution in [-0.4, -0.2) is 7.11 Å². The van der Waals surface area contributed by atoms with Crippen LogP contribution in [0.3, 0.4) is 0 Å². The summed E-state index contributed by atoms with van der Waals surface area (Å²) < 4.78 is 6.19. The monoisotopic (exact) mass is 309 g/mol. The molecule has 17 heavy (non-hydrogen) atoms. The predicted molar refractivity (Wildman–Crippen MR) is 75.7 cm³/mol. The average Bonchev–Trinajstić information content (AvgIpc) is 2.34. The van der Waals surface area contributed by atoms with Crippen molar-refractivity contribution in [3.05, 3.63) is 46.9 Å². The highest BCUT2D eigenvalue weighted by atomic mass is 79.9. The molecule has 0 saturated carbocycles. The van der Waals surface area contributed by atoms with Gasteiger partial charge in [0.15, 0.2) is 0 Å². The molecule has 0 bridgehead atoms. The summed E-state index contributed by atoms with van der Waals surface area (Å²) >= 11 is 5.05. The van der Waals surface area contributed by atoms with E-state index in [1.54, 1.807) is 18.9 Å². The van der Waals surface area contributed by atoms with Crippen molar-refractivity contribution in [2.24, 2.45) is 0 Å². The number of halogens is 1. The van der Waals surface area contributed by atoms with Crippen molar-refractivity contribution in [2.45, 2.75) is 9.79 Å². The standard InChI is InChI=1S/C13H12BrNOS/c1-16-10-4-7-13(12(15)8-10)17-11-5-2-9(14)3-6-11/h2-8H,15H2,1H3. The van der Waals surface area contributed by atoms with Crippen molar-refractivity contribution in [1.82, 2.24) is 0 Å². The lowest BCUT2D eigenvalue weighted by molar-refractivity contribution is 0.415. The summed E-state index contributed by atoms with van der Waals surface area (Å²) in [6.45, 7) is 0. The first-order chi connectivity index (χ1) is 8.19. The minimum absolute atomic E-state index is 0.734. The second-order valence-electron chi connectivity index (χ2n) is 3.46. The molecule has 2 nitrogen and oxygen atoms in total. The zero-order chi connectivity index (χ0) is 12.3. The summed E-state index contributed by atoms with van der Waals surface area (Å²) in [6, 6.07) is 13.9. The normalized spacial score (nSPS) is 10.2. The highest BCUT2D eigenvalue weighted by Gasteiger charge is 2.03. The lowest BCUT2D eigenvalue weighted by Crippen LogP contribution is -1.90. The Labute approximate surface area is 113 Å². The van der Waals surface area contributed by atoms with Gasteiger partial charge in [0, 0.05) is 26.0 Å². The molecule has 0 fully saturated rings. The minimum atomic E-state index is 0.734. The van der Waals surface area contributed by atoms with Crippen LogP contribution >= 0.6 is 27.7 Å². The van der Waals surface area contributed by atoms with Gasteiger partial charge in [-0.2, -0.15) is 0 Å². The second-order valence-corrected chi connectivity index (χ2v) is 5.49. The molecule has 0 atom stereocenters. The van der Waals surface area contributed by atoms with Crippen LogP contribution in [-0.2, 0) is 0 Å².